The number of nitrogens with zero attached hydrogens (tertiary/aromatic N) is 1. The summed E-state index contributed by atoms with van der Waals surface area (Å²) < 4.78 is 0. The standard InChI is InChI=1S/C13H14ClN5O/c1-16-11-10(6-15)18-13(19-12(11)20)17-7-8-3-2-4-9(14)5-8/h2-6,15-16H,7H2,1H3,(H2,17,18,19,20). The first-order valence-electron chi connectivity index (χ1n) is 5.95. The molecule has 0 aliphatic rings. The van der Waals surface area contributed by atoms with E-state index in [0.717, 1.165) is 11.8 Å². The van der Waals surface area contributed by atoms with E-state index in [4.69, 9.17) is 17.0 Å². The zero-order chi connectivity index (χ0) is 14.5. The molecular formula is C13H14ClN5O. The molecular weight excluding hydrogens is 278 g/mol. The van der Waals surface area contributed by atoms with Crippen LogP contribution in [0.25, 0.3) is 0 Å². The van der Waals surface area contributed by atoms with Crippen molar-refractivity contribution in [1.29, 1.82) is 5.41 Å². The van der Waals surface area contributed by atoms with Crippen LogP contribution in [0.2, 0.25) is 5.02 Å². The number of hydrogen-bond acceptors (Lipinski definition) is 5. The van der Waals surface area contributed by atoms with Crippen LogP contribution in [0.5, 0.6) is 0 Å². The van der Waals surface area contributed by atoms with Crippen LogP contribution in [0.15, 0.2) is 29.1 Å². The van der Waals surface area contributed by atoms with Crippen molar-refractivity contribution in [3.63, 3.8) is 0 Å². The van der Waals surface area contributed by atoms with E-state index in [1.807, 2.05) is 18.2 Å². The summed E-state index contributed by atoms with van der Waals surface area (Å²) in [6.07, 6.45) is 1.03. The summed E-state index contributed by atoms with van der Waals surface area (Å²) in [4.78, 5) is 18.6. The third kappa shape index (κ3) is 3.16. The number of H-pyrrole nitrogens is 1. The Morgan fingerprint density at radius 1 is 1.50 bits per heavy atom. The maximum absolute atomic E-state index is 11.8. The monoisotopic (exact) mass is 291 g/mol. The van der Waals surface area contributed by atoms with Gasteiger partial charge in [0.1, 0.15) is 11.4 Å². The average molecular weight is 292 g/mol. The van der Waals surface area contributed by atoms with Crippen LogP contribution in [0.4, 0.5) is 11.6 Å². The zero-order valence-electron chi connectivity index (χ0n) is 10.8. The molecule has 0 spiro atoms. The fourth-order valence-corrected chi connectivity index (χ4v) is 1.97. The van der Waals surface area contributed by atoms with Crippen LogP contribution in [0.3, 0.4) is 0 Å². The van der Waals surface area contributed by atoms with Crippen molar-refractivity contribution in [2.24, 2.45) is 0 Å². The minimum atomic E-state index is -0.324. The molecule has 0 fully saturated rings. The first-order chi connectivity index (χ1) is 9.63. The van der Waals surface area contributed by atoms with Gasteiger partial charge in [-0.25, -0.2) is 4.98 Å². The fraction of sp³-hybridized carbons (Fsp3) is 0.154. The number of rotatable bonds is 5. The highest BCUT2D eigenvalue weighted by molar-refractivity contribution is 6.30. The number of anilines is 2. The first-order valence-corrected chi connectivity index (χ1v) is 6.32. The van der Waals surface area contributed by atoms with Gasteiger partial charge in [-0.2, -0.15) is 0 Å². The minimum Gasteiger partial charge on any atom is -0.382 e. The van der Waals surface area contributed by atoms with Gasteiger partial charge in [-0.05, 0) is 17.7 Å². The van der Waals surface area contributed by atoms with Gasteiger partial charge < -0.3 is 16.0 Å². The topological polar surface area (TPSA) is 93.7 Å². The lowest BCUT2D eigenvalue weighted by Gasteiger charge is -2.09. The Morgan fingerprint density at radius 2 is 2.30 bits per heavy atom. The lowest BCUT2D eigenvalue weighted by molar-refractivity contribution is 1.03. The van der Waals surface area contributed by atoms with Gasteiger partial charge in [-0.3, -0.25) is 9.78 Å². The largest absolute Gasteiger partial charge is 0.382 e. The summed E-state index contributed by atoms with van der Waals surface area (Å²) in [6, 6.07) is 7.38. The summed E-state index contributed by atoms with van der Waals surface area (Å²) in [5, 5.41) is 13.6. The number of aromatic amines is 1. The van der Waals surface area contributed by atoms with E-state index in [-0.39, 0.29) is 16.9 Å². The van der Waals surface area contributed by atoms with Gasteiger partial charge in [-0.1, -0.05) is 23.7 Å². The summed E-state index contributed by atoms with van der Waals surface area (Å²) in [5.74, 6) is 0.312. The van der Waals surface area contributed by atoms with Gasteiger partial charge in [-0.15, -0.1) is 0 Å². The highest BCUT2D eigenvalue weighted by Gasteiger charge is 2.07. The molecule has 0 unspecified atom stereocenters. The molecule has 1 aromatic carbocycles. The van der Waals surface area contributed by atoms with Crippen LogP contribution in [0, 0.1) is 5.41 Å². The Hall–Kier alpha value is -2.34. The first kappa shape index (κ1) is 14.1. The highest BCUT2D eigenvalue weighted by Crippen LogP contribution is 2.12. The van der Waals surface area contributed by atoms with Crippen molar-refractivity contribution in [1.82, 2.24) is 9.97 Å². The number of nitrogens with one attached hydrogen (secondary N) is 4. The molecule has 0 aliphatic carbocycles. The van der Waals surface area contributed by atoms with Crippen molar-refractivity contribution >= 4 is 29.5 Å². The maximum Gasteiger partial charge on any atom is 0.276 e. The molecule has 1 aromatic heterocycles. The highest BCUT2D eigenvalue weighted by atomic mass is 35.5. The van der Waals surface area contributed by atoms with Crippen molar-refractivity contribution in [2.45, 2.75) is 6.54 Å². The van der Waals surface area contributed by atoms with Gasteiger partial charge in [0.15, 0.2) is 0 Å². The predicted octanol–water partition coefficient (Wildman–Crippen LogP) is 2.07. The van der Waals surface area contributed by atoms with E-state index in [9.17, 15) is 4.79 Å². The molecule has 0 saturated carbocycles. The van der Waals surface area contributed by atoms with Crippen LogP contribution in [-0.2, 0) is 6.54 Å². The molecule has 7 heteroatoms. The number of benzene rings is 1. The second kappa shape index (κ2) is 6.21. The second-order valence-electron chi connectivity index (χ2n) is 4.05. The predicted molar refractivity (Wildman–Crippen MR) is 81.1 cm³/mol. The molecule has 1 heterocycles. The molecule has 20 heavy (non-hydrogen) atoms. The van der Waals surface area contributed by atoms with Gasteiger partial charge >= 0.3 is 0 Å². The number of aromatic nitrogens is 2. The number of hydrogen-bond donors (Lipinski definition) is 4. The van der Waals surface area contributed by atoms with Gasteiger partial charge in [0.2, 0.25) is 5.95 Å². The minimum absolute atomic E-state index is 0.272. The van der Waals surface area contributed by atoms with Crippen LogP contribution >= 0.6 is 11.6 Å². The van der Waals surface area contributed by atoms with Gasteiger partial charge in [0.05, 0.1) is 0 Å². The van der Waals surface area contributed by atoms with E-state index in [1.54, 1.807) is 13.1 Å². The van der Waals surface area contributed by atoms with Crippen molar-refractivity contribution < 1.29 is 0 Å². The molecule has 104 valence electrons. The molecule has 4 N–H and O–H groups in total. The Bertz CT molecular complexity index is 683. The summed E-state index contributed by atoms with van der Waals surface area (Å²) in [5.41, 5.74) is 1.20. The van der Waals surface area contributed by atoms with Crippen LogP contribution in [0.1, 0.15) is 11.3 Å². The molecule has 0 bridgehead atoms. The number of halogens is 1. The Kier molecular flexibility index (Phi) is 4.37. The third-order valence-corrected chi connectivity index (χ3v) is 2.92. The van der Waals surface area contributed by atoms with Gasteiger partial charge in [0.25, 0.3) is 5.56 Å². The molecule has 6 nitrogen and oxygen atoms in total. The molecule has 0 amide bonds. The quantitative estimate of drug-likeness (QED) is 0.635. The van der Waals surface area contributed by atoms with Gasteiger partial charge in [0, 0.05) is 24.8 Å². The molecule has 0 saturated heterocycles. The maximum atomic E-state index is 11.8. The normalized spacial score (nSPS) is 10.1. The van der Waals surface area contributed by atoms with Crippen LogP contribution in [-0.4, -0.2) is 23.2 Å². The van der Waals surface area contributed by atoms with Crippen LogP contribution < -0.4 is 16.2 Å². The Balaban J connectivity index is 2.20. The van der Waals surface area contributed by atoms with Crippen molar-refractivity contribution in [3.05, 3.63) is 50.9 Å². The molecule has 0 aliphatic heterocycles. The lowest BCUT2D eigenvalue weighted by atomic mass is 10.2. The van der Waals surface area contributed by atoms with E-state index >= 15 is 0 Å². The fourth-order valence-electron chi connectivity index (χ4n) is 1.75. The average Bonchev–Trinajstić information content (AvgIpc) is 2.44. The Morgan fingerprint density at radius 3 is 2.95 bits per heavy atom. The Labute approximate surface area is 120 Å². The summed E-state index contributed by atoms with van der Waals surface area (Å²) >= 11 is 5.90. The van der Waals surface area contributed by atoms with E-state index in [1.165, 1.54) is 0 Å². The molecule has 0 atom stereocenters. The third-order valence-electron chi connectivity index (χ3n) is 2.68. The second-order valence-corrected chi connectivity index (χ2v) is 4.49. The van der Waals surface area contributed by atoms with Crippen molar-refractivity contribution in [3.8, 4) is 0 Å². The van der Waals surface area contributed by atoms with E-state index < -0.39 is 0 Å². The molecule has 2 rings (SSSR count). The van der Waals surface area contributed by atoms with E-state index in [0.29, 0.717) is 17.5 Å². The zero-order valence-corrected chi connectivity index (χ0v) is 11.6. The molecule has 2 aromatic rings. The van der Waals surface area contributed by atoms with E-state index in [2.05, 4.69) is 20.6 Å². The summed E-state index contributed by atoms with van der Waals surface area (Å²) in [7, 11) is 1.61. The summed E-state index contributed by atoms with van der Waals surface area (Å²) in [6.45, 7) is 0.472. The van der Waals surface area contributed by atoms with Crippen molar-refractivity contribution in [2.75, 3.05) is 17.7 Å². The lowest BCUT2D eigenvalue weighted by Crippen LogP contribution is -2.19. The molecule has 0 radical (unpaired) electrons. The smallest absolute Gasteiger partial charge is 0.276 e. The SMILES string of the molecule is CNc1c(C=N)nc(NCc2cccc(Cl)c2)[nH]c1=O.